The first-order valence-corrected chi connectivity index (χ1v) is 6.95. The van der Waals surface area contributed by atoms with Crippen molar-refractivity contribution in [2.24, 2.45) is 17.8 Å². The molecule has 80 valence electrons. The molecule has 0 N–H and O–H groups in total. The number of methoxy groups -OCH3 is 2. The number of ether oxygens (including phenoxy) is 2. The topological polar surface area (TPSA) is 18.5 Å². The van der Waals surface area contributed by atoms with E-state index in [1.54, 1.807) is 14.2 Å². The quantitative estimate of drug-likeness (QED) is 0.393. The zero-order chi connectivity index (χ0) is 10.2. The first kappa shape index (κ1) is 10.4. The Morgan fingerprint density at radius 2 is 2.00 bits per heavy atom. The van der Waals surface area contributed by atoms with E-state index < -0.39 is 0 Å². The van der Waals surface area contributed by atoms with Gasteiger partial charge in [0.05, 0.1) is 0 Å². The van der Waals surface area contributed by atoms with Crippen LogP contribution in [0.25, 0.3) is 0 Å². The zero-order valence-electron chi connectivity index (χ0n) is 9.32. The van der Waals surface area contributed by atoms with Crippen molar-refractivity contribution in [2.75, 3.05) is 14.2 Å². The summed E-state index contributed by atoms with van der Waals surface area (Å²) in [5.74, 6) is 1.80. The van der Waals surface area contributed by atoms with Crippen molar-refractivity contribution in [2.45, 2.75) is 24.7 Å². The first-order chi connectivity index (χ1) is 6.75. The van der Waals surface area contributed by atoms with E-state index in [1.165, 1.54) is 12.8 Å². The average Bonchev–Trinajstić information content (AvgIpc) is 2.83. The van der Waals surface area contributed by atoms with E-state index in [0.717, 1.165) is 22.2 Å². The Bertz CT molecular complexity index is 227. The van der Waals surface area contributed by atoms with Crippen LogP contribution in [-0.4, -0.2) is 30.2 Å². The maximum atomic E-state index is 5.65. The van der Waals surface area contributed by atoms with Crippen LogP contribution in [0.15, 0.2) is 12.2 Å². The molecule has 0 aromatic heterocycles. The Morgan fingerprint density at radius 1 is 1.29 bits per heavy atom. The fourth-order valence-corrected chi connectivity index (χ4v) is 4.33. The monoisotopic (exact) mass is 212 g/mol. The van der Waals surface area contributed by atoms with Gasteiger partial charge in [-0.25, -0.2) is 0 Å². The van der Waals surface area contributed by atoms with Crippen molar-refractivity contribution in [3.63, 3.8) is 0 Å². The number of allylic oxidation sites excluding steroid dienone is 2. The third kappa shape index (κ3) is 1.38. The van der Waals surface area contributed by atoms with E-state index in [4.69, 9.17) is 9.47 Å². The molecule has 3 unspecified atom stereocenters. The van der Waals surface area contributed by atoms with Gasteiger partial charge in [0.25, 0.3) is 0 Å². The highest BCUT2D eigenvalue weighted by atomic mass is 28.1. The predicted molar refractivity (Wildman–Crippen MR) is 60.3 cm³/mol. The molecule has 0 aromatic carbocycles. The highest BCUT2D eigenvalue weighted by molar-refractivity contribution is 6.09. The lowest BCUT2D eigenvalue weighted by Gasteiger charge is -2.38. The molecule has 0 radical (unpaired) electrons. The third-order valence-electron chi connectivity index (χ3n) is 4.03. The van der Waals surface area contributed by atoms with Crippen molar-refractivity contribution < 1.29 is 9.47 Å². The Morgan fingerprint density at radius 3 is 2.36 bits per heavy atom. The van der Waals surface area contributed by atoms with Crippen molar-refractivity contribution >= 4 is 10.2 Å². The van der Waals surface area contributed by atoms with E-state index in [1.807, 2.05) is 0 Å². The van der Waals surface area contributed by atoms with E-state index in [2.05, 4.69) is 12.2 Å². The zero-order valence-corrected chi connectivity index (χ0v) is 11.3. The van der Waals surface area contributed by atoms with Gasteiger partial charge >= 0.3 is 0 Å². The van der Waals surface area contributed by atoms with Crippen LogP contribution in [0.2, 0.25) is 6.04 Å². The summed E-state index contributed by atoms with van der Waals surface area (Å²) >= 11 is 0. The van der Waals surface area contributed by atoms with Crippen LogP contribution in [-0.2, 0) is 9.47 Å². The summed E-state index contributed by atoms with van der Waals surface area (Å²) < 4.78 is 11.3. The van der Waals surface area contributed by atoms with Crippen LogP contribution in [0.4, 0.5) is 0 Å². The van der Waals surface area contributed by atoms with Gasteiger partial charge in [0.1, 0.15) is 0 Å². The smallest absolute Gasteiger partial charge is 0.167 e. The van der Waals surface area contributed by atoms with Crippen molar-refractivity contribution in [1.82, 2.24) is 0 Å². The molecule has 2 aliphatic carbocycles. The molecule has 1 saturated carbocycles. The molecule has 0 amide bonds. The molecule has 0 aliphatic heterocycles. The fourth-order valence-electron chi connectivity index (χ4n) is 3.22. The molecule has 0 aromatic rings. The highest BCUT2D eigenvalue weighted by Crippen LogP contribution is 2.50. The summed E-state index contributed by atoms with van der Waals surface area (Å²) in [6, 6.07) is 1.07. The van der Waals surface area contributed by atoms with Gasteiger partial charge in [-0.05, 0) is 30.7 Å². The van der Waals surface area contributed by atoms with Crippen LogP contribution in [0, 0.1) is 17.8 Å². The van der Waals surface area contributed by atoms with E-state index in [9.17, 15) is 0 Å². The minimum Gasteiger partial charge on any atom is -0.353 e. The van der Waals surface area contributed by atoms with Gasteiger partial charge in [0, 0.05) is 30.4 Å². The fraction of sp³-hybridized carbons (Fsp3) is 0.818. The molecule has 3 heteroatoms. The van der Waals surface area contributed by atoms with Gasteiger partial charge in [0.15, 0.2) is 5.79 Å². The molecule has 2 rings (SSSR count). The van der Waals surface area contributed by atoms with Crippen LogP contribution in [0.5, 0.6) is 0 Å². The van der Waals surface area contributed by atoms with Gasteiger partial charge in [-0.3, -0.25) is 0 Å². The minimum absolute atomic E-state index is 0.281. The molecule has 0 heterocycles. The Kier molecular flexibility index (Phi) is 2.82. The molecular formula is C11H20O2Si. The Labute approximate surface area is 89.1 Å². The van der Waals surface area contributed by atoms with Crippen LogP contribution in [0.3, 0.4) is 0 Å². The molecule has 14 heavy (non-hydrogen) atoms. The summed E-state index contributed by atoms with van der Waals surface area (Å²) in [5, 5.41) is 0. The van der Waals surface area contributed by atoms with E-state index in [0.29, 0.717) is 11.8 Å². The predicted octanol–water partition coefficient (Wildman–Crippen LogP) is 0.971. The van der Waals surface area contributed by atoms with Crippen molar-refractivity contribution in [3.8, 4) is 0 Å². The lowest BCUT2D eigenvalue weighted by Crippen LogP contribution is -2.43. The second kappa shape index (κ2) is 3.80. The molecule has 2 bridgehead atoms. The second-order valence-corrected chi connectivity index (χ2v) is 5.17. The van der Waals surface area contributed by atoms with E-state index in [-0.39, 0.29) is 5.79 Å². The summed E-state index contributed by atoms with van der Waals surface area (Å²) in [5.41, 5.74) is 0. The molecule has 0 spiro atoms. The molecule has 3 atom stereocenters. The maximum absolute atomic E-state index is 5.65. The maximum Gasteiger partial charge on any atom is 0.167 e. The SMILES string of the molecule is COC(C[SiH3])(OC)C1CC2C=CC1C2. The summed E-state index contributed by atoms with van der Waals surface area (Å²) in [7, 11) is 4.71. The minimum atomic E-state index is -0.281. The normalized spacial score (nSPS) is 35.7. The Balaban J connectivity index is 2.16. The van der Waals surface area contributed by atoms with Crippen molar-refractivity contribution in [3.05, 3.63) is 12.2 Å². The highest BCUT2D eigenvalue weighted by Gasteiger charge is 2.48. The molecular weight excluding hydrogens is 192 g/mol. The average molecular weight is 212 g/mol. The first-order valence-electron chi connectivity index (χ1n) is 5.54. The summed E-state index contributed by atoms with van der Waals surface area (Å²) in [6.45, 7) is 0. The van der Waals surface area contributed by atoms with Gasteiger partial charge in [-0.1, -0.05) is 12.2 Å². The lowest BCUT2D eigenvalue weighted by atomic mass is 9.86. The summed E-state index contributed by atoms with van der Waals surface area (Å²) in [6.07, 6.45) is 7.30. The lowest BCUT2D eigenvalue weighted by molar-refractivity contribution is -0.230. The van der Waals surface area contributed by atoms with Gasteiger partial charge < -0.3 is 9.47 Å². The number of rotatable bonds is 4. The summed E-state index contributed by atoms with van der Waals surface area (Å²) in [4.78, 5) is 0. The van der Waals surface area contributed by atoms with E-state index >= 15 is 0 Å². The molecule has 2 aliphatic rings. The third-order valence-corrected chi connectivity index (χ3v) is 5.01. The van der Waals surface area contributed by atoms with Crippen LogP contribution < -0.4 is 0 Å². The molecule has 1 fully saturated rings. The van der Waals surface area contributed by atoms with Crippen molar-refractivity contribution in [1.29, 1.82) is 0 Å². The number of fused-ring (bicyclic) bond motifs is 2. The second-order valence-electron chi connectivity index (χ2n) is 4.46. The van der Waals surface area contributed by atoms with Gasteiger partial charge in [0.2, 0.25) is 0 Å². The molecule has 0 saturated heterocycles. The standard InChI is InChI=1S/C11H20O2Si/c1-12-11(7-14,13-2)10-6-8-3-4-9(10)5-8/h3-4,8-10H,5-7H2,1-2,14H3. The van der Waals surface area contributed by atoms with Crippen LogP contribution >= 0.6 is 0 Å². The van der Waals surface area contributed by atoms with Gasteiger partial charge in [-0.2, -0.15) is 0 Å². The number of hydrogen-bond acceptors (Lipinski definition) is 2. The molecule has 2 nitrogen and oxygen atoms in total. The number of hydrogen-bond donors (Lipinski definition) is 0. The van der Waals surface area contributed by atoms with Crippen LogP contribution in [0.1, 0.15) is 12.8 Å². The Hall–Kier alpha value is -0.123. The van der Waals surface area contributed by atoms with Gasteiger partial charge in [-0.15, -0.1) is 0 Å². The largest absolute Gasteiger partial charge is 0.353 e.